The topological polar surface area (TPSA) is 58.6 Å². The predicted octanol–water partition coefficient (Wildman–Crippen LogP) is 1.98. The van der Waals surface area contributed by atoms with Crippen molar-refractivity contribution in [3.8, 4) is 5.75 Å². The van der Waals surface area contributed by atoms with Crippen molar-refractivity contribution in [2.45, 2.75) is 18.7 Å². The molecule has 2 aliphatic heterocycles. The van der Waals surface area contributed by atoms with E-state index in [0.29, 0.717) is 42.3 Å². The van der Waals surface area contributed by atoms with E-state index in [9.17, 15) is 8.42 Å². The number of nitrogens with zero attached hydrogens (tertiary/aromatic N) is 1. The first-order chi connectivity index (χ1) is 10.5. The largest absolute Gasteiger partial charge is 0.493 e. The minimum absolute atomic E-state index is 0. The SMILES string of the molecule is CC(C)COc1ccc(S(=O)(=O)N2C[C@H]3CNC[C@H]3C2)cc1.Cl. The van der Waals surface area contributed by atoms with E-state index >= 15 is 0 Å². The average molecular weight is 361 g/mol. The Morgan fingerprint density at radius 1 is 1.17 bits per heavy atom. The fourth-order valence-corrected chi connectivity index (χ4v) is 4.68. The second-order valence-corrected chi connectivity index (χ2v) is 8.61. The molecule has 7 heteroatoms. The Hall–Kier alpha value is -0.820. The molecule has 130 valence electrons. The van der Waals surface area contributed by atoms with Gasteiger partial charge in [-0.2, -0.15) is 4.31 Å². The number of fused-ring (bicyclic) bond motifs is 1. The highest BCUT2D eigenvalue weighted by Gasteiger charge is 2.41. The van der Waals surface area contributed by atoms with Gasteiger partial charge in [-0.15, -0.1) is 12.4 Å². The Labute approximate surface area is 144 Å². The summed E-state index contributed by atoms with van der Waals surface area (Å²) >= 11 is 0. The van der Waals surface area contributed by atoms with Crippen LogP contribution in [0, 0.1) is 17.8 Å². The molecule has 0 aromatic heterocycles. The summed E-state index contributed by atoms with van der Waals surface area (Å²) in [6.45, 7) is 7.92. The second-order valence-electron chi connectivity index (χ2n) is 6.68. The van der Waals surface area contributed by atoms with Crippen LogP contribution in [0.1, 0.15) is 13.8 Å². The molecule has 0 unspecified atom stereocenters. The lowest BCUT2D eigenvalue weighted by Crippen LogP contribution is -2.31. The molecule has 3 rings (SSSR count). The second kappa shape index (κ2) is 7.38. The fourth-order valence-electron chi connectivity index (χ4n) is 3.13. The smallest absolute Gasteiger partial charge is 0.243 e. The lowest BCUT2D eigenvalue weighted by Gasteiger charge is -2.17. The van der Waals surface area contributed by atoms with E-state index in [-0.39, 0.29) is 12.4 Å². The molecule has 0 aliphatic carbocycles. The third kappa shape index (κ3) is 3.99. The zero-order valence-corrected chi connectivity index (χ0v) is 15.2. The van der Waals surface area contributed by atoms with E-state index in [1.807, 2.05) is 0 Å². The normalized spacial score (nSPS) is 24.5. The highest BCUT2D eigenvalue weighted by atomic mass is 35.5. The van der Waals surface area contributed by atoms with Gasteiger partial charge >= 0.3 is 0 Å². The molecule has 2 aliphatic rings. The third-order valence-electron chi connectivity index (χ3n) is 4.40. The summed E-state index contributed by atoms with van der Waals surface area (Å²) in [6, 6.07) is 6.79. The van der Waals surface area contributed by atoms with E-state index in [2.05, 4.69) is 19.2 Å². The van der Waals surface area contributed by atoms with E-state index in [1.54, 1.807) is 28.6 Å². The van der Waals surface area contributed by atoms with Gasteiger partial charge in [-0.3, -0.25) is 0 Å². The van der Waals surface area contributed by atoms with Crippen LogP contribution in [-0.2, 0) is 10.0 Å². The van der Waals surface area contributed by atoms with Crippen LogP contribution in [-0.4, -0.2) is 45.5 Å². The Bertz CT molecular complexity index is 607. The van der Waals surface area contributed by atoms with Gasteiger partial charge in [-0.05, 0) is 55.1 Å². The van der Waals surface area contributed by atoms with E-state index in [4.69, 9.17) is 4.74 Å². The molecule has 0 spiro atoms. The lowest BCUT2D eigenvalue weighted by atomic mass is 10.0. The van der Waals surface area contributed by atoms with Gasteiger partial charge in [-0.1, -0.05) is 13.8 Å². The van der Waals surface area contributed by atoms with Crippen LogP contribution in [0.25, 0.3) is 0 Å². The summed E-state index contributed by atoms with van der Waals surface area (Å²) in [6.07, 6.45) is 0. The molecule has 2 saturated heterocycles. The molecular formula is C16H25ClN2O3S. The molecule has 1 N–H and O–H groups in total. The van der Waals surface area contributed by atoms with Crippen molar-refractivity contribution in [3.63, 3.8) is 0 Å². The van der Waals surface area contributed by atoms with E-state index < -0.39 is 10.0 Å². The van der Waals surface area contributed by atoms with Crippen molar-refractivity contribution in [1.29, 1.82) is 0 Å². The molecule has 5 nitrogen and oxygen atoms in total. The first-order valence-electron chi connectivity index (χ1n) is 7.90. The zero-order valence-electron chi connectivity index (χ0n) is 13.6. The molecule has 2 heterocycles. The van der Waals surface area contributed by atoms with Crippen LogP contribution in [0.5, 0.6) is 5.75 Å². The Morgan fingerprint density at radius 2 is 1.74 bits per heavy atom. The predicted molar refractivity (Wildman–Crippen MR) is 92.6 cm³/mol. The maximum absolute atomic E-state index is 12.7. The van der Waals surface area contributed by atoms with Crippen LogP contribution in [0.2, 0.25) is 0 Å². The van der Waals surface area contributed by atoms with Crippen molar-refractivity contribution in [3.05, 3.63) is 24.3 Å². The van der Waals surface area contributed by atoms with Gasteiger partial charge in [0.25, 0.3) is 0 Å². The number of nitrogens with one attached hydrogen (secondary N) is 1. The summed E-state index contributed by atoms with van der Waals surface area (Å²) in [4.78, 5) is 0.359. The summed E-state index contributed by atoms with van der Waals surface area (Å²) in [5.41, 5.74) is 0. The maximum Gasteiger partial charge on any atom is 0.243 e. The summed E-state index contributed by atoms with van der Waals surface area (Å²) < 4.78 is 32.7. The minimum atomic E-state index is -3.38. The van der Waals surface area contributed by atoms with Crippen LogP contribution in [0.15, 0.2) is 29.2 Å². The summed E-state index contributed by atoms with van der Waals surface area (Å²) in [5, 5.41) is 3.33. The van der Waals surface area contributed by atoms with Gasteiger partial charge in [0, 0.05) is 13.1 Å². The van der Waals surface area contributed by atoms with Gasteiger partial charge in [0.05, 0.1) is 11.5 Å². The molecule has 2 fully saturated rings. The molecule has 0 radical (unpaired) electrons. The molecule has 2 atom stereocenters. The van der Waals surface area contributed by atoms with Crippen LogP contribution in [0.4, 0.5) is 0 Å². The average Bonchev–Trinajstić information content (AvgIpc) is 3.07. The zero-order chi connectivity index (χ0) is 15.7. The Kier molecular flexibility index (Phi) is 5.94. The van der Waals surface area contributed by atoms with Crippen LogP contribution in [0.3, 0.4) is 0 Å². The highest BCUT2D eigenvalue weighted by molar-refractivity contribution is 7.89. The fraction of sp³-hybridized carbons (Fsp3) is 0.625. The molecule has 1 aromatic carbocycles. The van der Waals surface area contributed by atoms with Crippen LogP contribution >= 0.6 is 12.4 Å². The van der Waals surface area contributed by atoms with Crippen molar-refractivity contribution in [2.75, 3.05) is 32.8 Å². The van der Waals surface area contributed by atoms with Crippen LogP contribution < -0.4 is 10.1 Å². The van der Waals surface area contributed by atoms with Gasteiger partial charge in [-0.25, -0.2) is 8.42 Å². The van der Waals surface area contributed by atoms with Gasteiger partial charge < -0.3 is 10.1 Å². The number of halogens is 1. The van der Waals surface area contributed by atoms with Gasteiger partial charge in [0.2, 0.25) is 10.0 Å². The van der Waals surface area contributed by atoms with Crippen molar-refractivity contribution in [1.82, 2.24) is 9.62 Å². The monoisotopic (exact) mass is 360 g/mol. The van der Waals surface area contributed by atoms with Gasteiger partial charge in [0.15, 0.2) is 0 Å². The standard InChI is InChI=1S/C16H24N2O3S.ClH/c1-12(2)11-21-15-3-5-16(6-4-15)22(19,20)18-9-13-7-17-8-14(13)10-18;/h3-6,12-14,17H,7-11H2,1-2H3;1H/t13-,14+;. The summed E-state index contributed by atoms with van der Waals surface area (Å²) in [7, 11) is -3.38. The quantitative estimate of drug-likeness (QED) is 0.872. The number of ether oxygens (including phenoxy) is 1. The molecule has 23 heavy (non-hydrogen) atoms. The minimum Gasteiger partial charge on any atom is -0.493 e. The number of hydrogen-bond donors (Lipinski definition) is 1. The van der Waals surface area contributed by atoms with E-state index in [1.165, 1.54) is 0 Å². The third-order valence-corrected chi connectivity index (χ3v) is 6.25. The van der Waals surface area contributed by atoms with Gasteiger partial charge in [0.1, 0.15) is 5.75 Å². The van der Waals surface area contributed by atoms with Crippen molar-refractivity contribution >= 4 is 22.4 Å². The summed E-state index contributed by atoms with van der Waals surface area (Å²) in [5.74, 6) is 2.09. The molecule has 0 bridgehead atoms. The lowest BCUT2D eigenvalue weighted by molar-refractivity contribution is 0.271. The molecule has 0 amide bonds. The number of hydrogen-bond acceptors (Lipinski definition) is 4. The number of sulfonamides is 1. The van der Waals surface area contributed by atoms with Crippen molar-refractivity contribution < 1.29 is 13.2 Å². The first kappa shape index (κ1) is 18.5. The molecule has 0 saturated carbocycles. The molecule has 1 aromatic rings. The number of benzene rings is 1. The van der Waals surface area contributed by atoms with Crippen molar-refractivity contribution in [2.24, 2.45) is 17.8 Å². The molecular weight excluding hydrogens is 336 g/mol. The first-order valence-corrected chi connectivity index (χ1v) is 9.34. The highest BCUT2D eigenvalue weighted by Crippen LogP contribution is 2.31. The maximum atomic E-state index is 12.7. The van der Waals surface area contributed by atoms with E-state index in [0.717, 1.165) is 18.8 Å². The Morgan fingerprint density at radius 3 is 2.26 bits per heavy atom. The Balaban J connectivity index is 0.00000192. The number of rotatable bonds is 5.